The highest BCUT2D eigenvalue weighted by molar-refractivity contribution is 9.10. The number of pyridine rings is 2. The second kappa shape index (κ2) is 5.77. The van der Waals surface area contributed by atoms with Crippen LogP contribution in [-0.2, 0) is 9.53 Å². The van der Waals surface area contributed by atoms with Crippen LogP contribution in [0, 0.1) is 0 Å². The van der Waals surface area contributed by atoms with E-state index in [0.717, 1.165) is 9.86 Å². The number of fused-ring (bicyclic) bond motifs is 1. The molecule has 108 valence electrons. The fraction of sp³-hybridized carbons (Fsp3) is 0.286. The summed E-state index contributed by atoms with van der Waals surface area (Å²) >= 11 is 3.36. The number of carbonyl (C=O) groups is 2. The van der Waals surface area contributed by atoms with Gasteiger partial charge in [0.05, 0.1) is 16.5 Å². The summed E-state index contributed by atoms with van der Waals surface area (Å²) in [6.45, 7) is 0.353. The van der Waals surface area contributed by atoms with Gasteiger partial charge in [0.1, 0.15) is 11.8 Å². The van der Waals surface area contributed by atoms with Gasteiger partial charge in [-0.05, 0) is 34.5 Å². The van der Waals surface area contributed by atoms with Crippen molar-refractivity contribution >= 4 is 38.7 Å². The number of nitrogens with zero attached hydrogens (tertiary/aromatic N) is 2. The number of halogens is 1. The summed E-state index contributed by atoms with van der Waals surface area (Å²) in [4.78, 5) is 31.5. The monoisotopic (exact) mass is 349 g/mol. The molecule has 1 saturated heterocycles. The van der Waals surface area contributed by atoms with E-state index in [4.69, 9.17) is 4.74 Å². The second-order valence-electron chi connectivity index (χ2n) is 4.76. The van der Waals surface area contributed by atoms with Crippen LogP contribution in [0.2, 0.25) is 0 Å². The number of aromatic nitrogens is 2. The van der Waals surface area contributed by atoms with Crippen LogP contribution in [0.5, 0.6) is 0 Å². The van der Waals surface area contributed by atoms with Gasteiger partial charge in [0.25, 0.3) is 0 Å². The molecule has 0 aliphatic carbocycles. The number of esters is 1. The maximum atomic E-state index is 12.1. The van der Waals surface area contributed by atoms with Gasteiger partial charge in [0, 0.05) is 24.2 Å². The quantitative estimate of drug-likeness (QED) is 0.836. The Morgan fingerprint density at radius 3 is 3.00 bits per heavy atom. The molecule has 0 radical (unpaired) electrons. The molecule has 0 aromatic carbocycles. The summed E-state index contributed by atoms with van der Waals surface area (Å²) < 4.78 is 6.09. The smallest absolute Gasteiger partial charge is 0.357 e. The zero-order chi connectivity index (χ0) is 14.8. The Bertz CT molecular complexity index is 710. The van der Waals surface area contributed by atoms with Crippen LogP contribution in [0.15, 0.2) is 29.0 Å². The molecule has 1 aliphatic heterocycles. The molecule has 1 amide bonds. The lowest BCUT2D eigenvalue weighted by atomic mass is 10.1. The second-order valence-corrected chi connectivity index (χ2v) is 5.61. The Hall–Kier alpha value is -2.02. The van der Waals surface area contributed by atoms with Crippen molar-refractivity contribution in [2.45, 2.75) is 18.9 Å². The predicted molar refractivity (Wildman–Crippen MR) is 78.7 cm³/mol. The Labute approximate surface area is 129 Å². The standard InChI is InChI=1S/C14H12BrN3O3/c15-10-7-16-5-8-1-3-11(18-13(8)10)14(20)21-9-2-4-12(19)17-6-9/h1,3,5,7,9H,2,4,6H2,(H,17,19). The van der Waals surface area contributed by atoms with Crippen molar-refractivity contribution in [3.8, 4) is 0 Å². The molecule has 1 fully saturated rings. The topological polar surface area (TPSA) is 81.2 Å². The molecule has 1 aliphatic rings. The van der Waals surface area contributed by atoms with Crippen molar-refractivity contribution < 1.29 is 14.3 Å². The summed E-state index contributed by atoms with van der Waals surface area (Å²) in [6.07, 6.45) is 3.92. The molecule has 2 aromatic heterocycles. The number of amides is 1. The molecule has 1 atom stereocenters. The van der Waals surface area contributed by atoms with E-state index in [1.165, 1.54) is 0 Å². The molecule has 7 heteroatoms. The van der Waals surface area contributed by atoms with E-state index in [9.17, 15) is 9.59 Å². The van der Waals surface area contributed by atoms with Crippen LogP contribution in [0.25, 0.3) is 10.9 Å². The van der Waals surface area contributed by atoms with E-state index in [0.29, 0.717) is 24.9 Å². The number of hydrogen-bond donors (Lipinski definition) is 1. The molecule has 2 aromatic rings. The van der Waals surface area contributed by atoms with Gasteiger partial charge in [-0.15, -0.1) is 0 Å². The minimum Gasteiger partial charge on any atom is -0.456 e. The van der Waals surface area contributed by atoms with Crippen LogP contribution in [0.4, 0.5) is 0 Å². The van der Waals surface area contributed by atoms with Gasteiger partial charge >= 0.3 is 5.97 Å². The van der Waals surface area contributed by atoms with Crippen LogP contribution >= 0.6 is 15.9 Å². The Kier molecular flexibility index (Phi) is 3.83. The third-order valence-corrected chi connectivity index (χ3v) is 3.84. The fourth-order valence-electron chi connectivity index (χ4n) is 2.15. The highest BCUT2D eigenvalue weighted by Gasteiger charge is 2.22. The van der Waals surface area contributed by atoms with Crippen molar-refractivity contribution in [3.63, 3.8) is 0 Å². The average Bonchev–Trinajstić information content (AvgIpc) is 2.50. The summed E-state index contributed by atoms with van der Waals surface area (Å²) in [6, 6.07) is 3.39. The van der Waals surface area contributed by atoms with Gasteiger partial charge in [0.15, 0.2) is 0 Å². The fourth-order valence-corrected chi connectivity index (χ4v) is 2.58. The van der Waals surface area contributed by atoms with Crippen molar-refractivity contribution in [2.75, 3.05) is 6.54 Å². The van der Waals surface area contributed by atoms with Crippen LogP contribution in [0.1, 0.15) is 23.3 Å². The zero-order valence-corrected chi connectivity index (χ0v) is 12.6. The number of ether oxygens (including phenoxy) is 1. The molecule has 21 heavy (non-hydrogen) atoms. The molecule has 3 rings (SSSR count). The molecule has 1 unspecified atom stereocenters. The van der Waals surface area contributed by atoms with Crippen LogP contribution in [0.3, 0.4) is 0 Å². The minimum absolute atomic E-state index is 0.0115. The highest BCUT2D eigenvalue weighted by Crippen LogP contribution is 2.21. The summed E-state index contributed by atoms with van der Waals surface area (Å²) in [5.41, 5.74) is 0.905. The highest BCUT2D eigenvalue weighted by atomic mass is 79.9. The number of carbonyl (C=O) groups excluding carboxylic acids is 2. The number of rotatable bonds is 2. The van der Waals surface area contributed by atoms with Crippen LogP contribution in [-0.4, -0.2) is 34.5 Å². The lowest BCUT2D eigenvalue weighted by molar-refractivity contribution is -0.124. The first-order valence-electron chi connectivity index (χ1n) is 6.51. The molecule has 0 spiro atoms. The van der Waals surface area contributed by atoms with Gasteiger partial charge in [-0.3, -0.25) is 9.78 Å². The maximum Gasteiger partial charge on any atom is 0.357 e. The van der Waals surface area contributed by atoms with Crippen LogP contribution < -0.4 is 5.32 Å². The van der Waals surface area contributed by atoms with Gasteiger partial charge in [-0.1, -0.05) is 0 Å². The third kappa shape index (κ3) is 3.02. The van der Waals surface area contributed by atoms with E-state index in [1.54, 1.807) is 24.5 Å². The molecule has 0 bridgehead atoms. The SMILES string of the molecule is O=C1CCC(OC(=O)c2ccc3cncc(Br)c3n2)CN1. The molecule has 0 saturated carbocycles. The normalized spacial score (nSPS) is 18.3. The first-order chi connectivity index (χ1) is 10.1. The van der Waals surface area contributed by atoms with E-state index in [1.807, 2.05) is 0 Å². The van der Waals surface area contributed by atoms with Crippen molar-refractivity contribution in [1.82, 2.24) is 15.3 Å². The zero-order valence-electron chi connectivity index (χ0n) is 11.0. The maximum absolute atomic E-state index is 12.1. The van der Waals surface area contributed by atoms with Crippen molar-refractivity contribution in [1.29, 1.82) is 0 Å². The number of piperidine rings is 1. The largest absolute Gasteiger partial charge is 0.456 e. The lowest BCUT2D eigenvalue weighted by Crippen LogP contribution is -2.40. The summed E-state index contributed by atoms with van der Waals surface area (Å²) in [5.74, 6) is -0.496. The summed E-state index contributed by atoms with van der Waals surface area (Å²) in [5, 5.41) is 3.51. The first kappa shape index (κ1) is 13.9. The molecule has 3 heterocycles. The third-order valence-electron chi connectivity index (χ3n) is 3.26. The van der Waals surface area contributed by atoms with Crippen molar-refractivity contribution in [2.24, 2.45) is 0 Å². The number of nitrogens with one attached hydrogen (secondary N) is 1. The van der Waals surface area contributed by atoms with Gasteiger partial charge < -0.3 is 10.1 Å². The molecular weight excluding hydrogens is 338 g/mol. The Morgan fingerprint density at radius 2 is 2.24 bits per heavy atom. The van der Waals surface area contributed by atoms with Gasteiger partial charge in [-0.25, -0.2) is 9.78 Å². The molecule has 1 N–H and O–H groups in total. The van der Waals surface area contributed by atoms with E-state index < -0.39 is 5.97 Å². The van der Waals surface area contributed by atoms with Gasteiger partial charge in [0.2, 0.25) is 5.91 Å². The van der Waals surface area contributed by atoms with E-state index in [-0.39, 0.29) is 17.7 Å². The minimum atomic E-state index is -0.484. The molecule has 6 nitrogen and oxygen atoms in total. The van der Waals surface area contributed by atoms with E-state index >= 15 is 0 Å². The molecular formula is C14H12BrN3O3. The number of hydrogen-bond acceptors (Lipinski definition) is 5. The average molecular weight is 350 g/mol. The first-order valence-corrected chi connectivity index (χ1v) is 7.31. The van der Waals surface area contributed by atoms with Gasteiger partial charge in [-0.2, -0.15) is 0 Å². The predicted octanol–water partition coefficient (Wildman–Crippen LogP) is 1.83. The Balaban J connectivity index is 1.78. The van der Waals surface area contributed by atoms with E-state index in [2.05, 4.69) is 31.2 Å². The Morgan fingerprint density at radius 1 is 1.38 bits per heavy atom. The summed E-state index contributed by atoms with van der Waals surface area (Å²) in [7, 11) is 0. The lowest BCUT2D eigenvalue weighted by Gasteiger charge is -2.22. The van der Waals surface area contributed by atoms with Crippen molar-refractivity contribution in [3.05, 3.63) is 34.7 Å².